The van der Waals surface area contributed by atoms with Gasteiger partial charge in [-0.05, 0) is 32.2 Å². The van der Waals surface area contributed by atoms with E-state index in [2.05, 4.69) is 11.9 Å². The van der Waals surface area contributed by atoms with Crippen molar-refractivity contribution < 1.29 is 9.53 Å². The number of ether oxygens (including phenoxy) is 1. The van der Waals surface area contributed by atoms with Crippen LogP contribution in [0.1, 0.15) is 25.7 Å². The third-order valence-electron chi connectivity index (χ3n) is 2.56. The summed E-state index contributed by atoms with van der Waals surface area (Å²) < 4.78 is 4.80. The normalized spacial score (nSPS) is 28.1. The number of esters is 1. The minimum absolute atomic E-state index is 0.160. The van der Waals surface area contributed by atoms with Crippen LogP contribution in [-0.2, 0) is 9.53 Å². The highest BCUT2D eigenvalue weighted by molar-refractivity contribution is 5.81. The van der Waals surface area contributed by atoms with Gasteiger partial charge in [-0.2, -0.15) is 0 Å². The second-order valence-corrected chi connectivity index (χ2v) is 3.45. The SMILES string of the molecule is C=CCC1(C(=O)OC)CCCCN1. The van der Waals surface area contributed by atoms with E-state index in [0.717, 1.165) is 25.8 Å². The topological polar surface area (TPSA) is 38.3 Å². The first-order valence-electron chi connectivity index (χ1n) is 4.69. The second-order valence-electron chi connectivity index (χ2n) is 3.45. The number of piperidine rings is 1. The van der Waals surface area contributed by atoms with Crippen LogP contribution in [0.5, 0.6) is 0 Å². The van der Waals surface area contributed by atoms with Crippen LogP contribution in [0.3, 0.4) is 0 Å². The highest BCUT2D eigenvalue weighted by Gasteiger charge is 2.38. The number of carbonyl (C=O) groups is 1. The zero-order chi connectivity index (χ0) is 9.73. The fourth-order valence-electron chi connectivity index (χ4n) is 1.84. The maximum atomic E-state index is 11.5. The van der Waals surface area contributed by atoms with Crippen LogP contribution < -0.4 is 5.32 Å². The molecule has 0 saturated carbocycles. The third kappa shape index (κ3) is 2.10. The molecule has 0 spiro atoms. The number of methoxy groups -OCH3 is 1. The monoisotopic (exact) mass is 183 g/mol. The molecule has 1 N–H and O–H groups in total. The van der Waals surface area contributed by atoms with Crippen molar-refractivity contribution in [2.75, 3.05) is 13.7 Å². The maximum absolute atomic E-state index is 11.5. The van der Waals surface area contributed by atoms with Crippen LogP contribution in [0.4, 0.5) is 0 Å². The highest BCUT2D eigenvalue weighted by Crippen LogP contribution is 2.24. The number of hydrogen-bond acceptors (Lipinski definition) is 3. The van der Waals surface area contributed by atoms with Crippen LogP contribution in [0.15, 0.2) is 12.7 Å². The summed E-state index contributed by atoms with van der Waals surface area (Å²) in [6, 6.07) is 0. The number of rotatable bonds is 3. The largest absolute Gasteiger partial charge is 0.468 e. The van der Waals surface area contributed by atoms with Gasteiger partial charge in [0.1, 0.15) is 5.54 Å². The minimum atomic E-state index is -0.491. The summed E-state index contributed by atoms with van der Waals surface area (Å²) in [7, 11) is 1.43. The van der Waals surface area contributed by atoms with Gasteiger partial charge < -0.3 is 10.1 Å². The Labute approximate surface area is 79.2 Å². The van der Waals surface area contributed by atoms with E-state index in [1.807, 2.05) is 0 Å². The molecule has 0 bridgehead atoms. The lowest BCUT2D eigenvalue weighted by Crippen LogP contribution is -2.54. The Balaban J connectivity index is 2.71. The molecule has 0 aromatic heterocycles. The standard InChI is InChI=1S/C10H17NO2/c1-3-6-10(9(12)13-2)7-4-5-8-11-10/h3,11H,1,4-8H2,2H3. The summed E-state index contributed by atoms with van der Waals surface area (Å²) in [4.78, 5) is 11.5. The average molecular weight is 183 g/mol. The molecule has 1 aliphatic heterocycles. The highest BCUT2D eigenvalue weighted by atomic mass is 16.5. The Hall–Kier alpha value is -0.830. The van der Waals surface area contributed by atoms with Crippen molar-refractivity contribution in [2.45, 2.75) is 31.2 Å². The Morgan fingerprint density at radius 3 is 2.92 bits per heavy atom. The molecule has 1 heterocycles. The molecule has 3 heteroatoms. The van der Waals surface area contributed by atoms with Gasteiger partial charge in [-0.15, -0.1) is 6.58 Å². The number of hydrogen-bond donors (Lipinski definition) is 1. The van der Waals surface area contributed by atoms with Crippen molar-refractivity contribution in [3.8, 4) is 0 Å². The quantitative estimate of drug-likeness (QED) is 0.528. The smallest absolute Gasteiger partial charge is 0.326 e. The summed E-state index contributed by atoms with van der Waals surface area (Å²) >= 11 is 0. The number of nitrogens with one attached hydrogen (secondary N) is 1. The zero-order valence-corrected chi connectivity index (χ0v) is 8.14. The van der Waals surface area contributed by atoms with E-state index in [4.69, 9.17) is 4.74 Å². The van der Waals surface area contributed by atoms with Gasteiger partial charge in [-0.25, -0.2) is 0 Å². The van der Waals surface area contributed by atoms with E-state index in [0.29, 0.717) is 6.42 Å². The Morgan fingerprint density at radius 2 is 2.46 bits per heavy atom. The first-order chi connectivity index (χ1) is 6.25. The maximum Gasteiger partial charge on any atom is 0.326 e. The summed E-state index contributed by atoms with van der Waals surface area (Å²) in [5.74, 6) is -0.160. The molecule has 0 aliphatic carbocycles. The number of carbonyl (C=O) groups excluding carboxylic acids is 1. The minimum Gasteiger partial charge on any atom is -0.468 e. The lowest BCUT2D eigenvalue weighted by molar-refractivity contribution is -0.149. The summed E-state index contributed by atoms with van der Waals surface area (Å²) in [5.41, 5.74) is -0.491. The molecule has 74 valence electrons. The van der Waals surface area contributed by atoms with Gasteiger partial charge in [0.15, 0.2) is 0 Å². The van der Waals surface area contributed by atoms with E-state index in [1.165, 1.54) is 7.11 Å². The second kappa shape index (κ2) is 4.42. The van der Waals surface area contributed by atoms with Gasteiger partial charge in [0, 0.05) is 0 Å². The average Bonchev–Trinajstić information content (AvgIpc) is 2.18. The molecule has 1 saturated heterocycles. The van der Waals surface area contributed by atoms with Crippen LogP contribution in [-0.4, -0.2) is 25.2 Å². The van der Waals surface area contributed by atoms with Gasteiger partial charge in [0.2, 0.25) is 0 Å². The van der Waals surface area contributed by atoms with E-state index >= 15 is 0 Å². The molecular formula is C10H17NO2. The predicted molar refractivity (Wildman–Crippen MR) is 51.4 cm³/mol. The van der Waals surface area contributed by atoms with Crippen molar-refractivity contribution in [1.29, 1.82) is 0 Å². The lowest BCUT2D eigenvalue weighted by Gasteiger charge is -2.34. The summed E-state index contributed by atoms with van der Waals surface area (Å²) in [6.07, 6.45) is 5.49. The Bertz CT molecular complexity index is 195. The van der Waals surface area contributed by atoms with Crippen molar-refractivity contribution >= 4 is 5.97 Å². The van der Waals surface area contributed by atoms with Gasteiger partial charge in [-0.3, -0.25) is 4.79 Å². The van der Waals surface area contributed by atoms with Crippen LogP contribution in [0.2, 0.25) is 0 Å². The van der Waals surface area contributed by atoms with Crippen molar-refractivity contribution in [1.82, 2.24) is 5.32 Å². The molecule has 0 aromatic carbocycles. The molecule has 1 aliphatic rings. The lowest BCUT2D eigenvalue weighted by atomic mass is 9.86. The summed E-state index contributed by atoms with van der Waals surface area (Å²) in [5, 5.41) is 3.24. The Kier molecular flexibility index (Phi) is 3.48. The molecular weight excluding hydrogens is 166 g/mol. The zero-order valence-electron chi connectivity index (χ0n) is 8.14. The van der Waals surface area contributed by atoms with Gasteiger partial charge in [-0.1, -0.05) is 6.08 Å². The van der Waals surface area contributed by atoms with E-state index in [1.54, 1.807) is 6.08 Å². The predicted octanol–water partition coefficient (Wildman–Crippen LogP) is 1.25. The first-order valence-corrected chi connectivity index (χ1v) is 4.69. The fourth-order valence-corrected chi connectivity index (χ4v) is 1.84. The molecule has 0 radical (unpaired) electrons. The van der Waals surface area contributed by atoms with Crippen molar-refractivity contribution in [2.24, 2.45) is 0 Å². The van der Waals surface area contributed by atoms with Crippen LogP contribution in [0.25, 0.3) is 0 Å². The van der Waals surface area contributed by atoms with Crippen molar-refractivity contribution in [3.63, 3.8) is 0 Å². The van der Waals surface area contributed by atoms with E-state index in [-0.39, 0.29) is 5.97 Å². The molecule has 3 nitrogen and oxygen atoms in total. The third-order valence-corrected chi connectivity index (χ3v) is 2.56. The molecule has 13 heavy (non-hydrogen) atoms. The first kappa shape index (κ1) is 10.3. The molecule has 1 fully saturated rings. The van der Waals surface area contributed by atoms with Gasteiger partial charge >= 0.3 is 5.97 Å². The molecule has 0 amide bonds. The fraction of sp³-hybridized carbons (Fsp3) is 0.700. The van der Waals surface area contributed by atoms with Gasteiger partial charge in [0.25, 0.3) is 0 Å². The van der Waals surface area contributed by atoms with E-state index < -0.39 is 5.54 Å². The summed E-state index contributed by atoms with van der Waals surface area (Å²) in [6.45, 7) is 4.56. The Morgan fingerprint density at radius 1 is 1.69 bits per heavy atom. The van der Waals surface area contributed by atoms with E-state index in [9.17, 15) is 4.79 Å². The molecule has 1 atom stereocenters. The van der Waals surface area contributed by atoms with Crippen molar-refractivity contribution in [3.05, 3.63) is 12.7 Å². The molecule has 1 rings (SSSR count). The molecule has 1 unspecified atom stereocenters. The van der Waals surface area contributed by atoms with Gasteiger partial charge in [0.05, 0.1) is 7.11 Å². The molecule has 0 aromatic rings. The van der Waals surface area contributed by atoms with Crippen LogP contribution in [0, 0.1) is 0 Å². The van der Waals surface area contributed by atoms with Crippen LogP contribution >= 0.6 is 0 Å².